The summed E-state index contributed by atoms with van der Waals surface area (Å²) in [6.45, 7) is 2.47. The lowest BCUT2D eigenvalue weighted by Crippen LogP contribution is -2.15. The lowest BCUT2D eigenvalue weighted by atomic mass is 10.1. The number of benzene rings is 2. The van der Waals surface area contributed by atoms with Crippen molar-refractivity contribution in [3.8, 4) is 16.9 Å². The van der Waals surface area contributed by atoms with Gasteiger partial charge in [0.05, 0.1) is 16.8 Å². The van der Waals surface area contributed by atoms with E-state index in [1.165, 1.54) is 15.8 Å². The number of aromatic nitrogens is 2. The second-order valence-electron chi connectivity index (χ2n) is 7.44. The van der Waals surface area contributed by atoms with Crippen molar-refractivity contribution in [1.29, 1.82) is 0 Å². The molecule has 0 saturated heterocycles. The molecule has 0 aliphatic heterocycles. The fourth-order valence-electron chi connectivity index (χ4n) is 3.22. The first-order chi connectivity index (χ1) is 14.7. The van der Waals surface area contributed by atoms with Crippen molar-refractivity contribution in [3.05, 3.63) is 72.6 Å². The Balaban J connectivity index is 1.38. The standard InChI is InChI=1S/C24H26N4OS/c1-28(2)13-4-14-29-21-6-3-5-18(15-21)17-26-24-27-22-8-7-20(16-23(22)30-24)19-9-11-25-12-10-19/h3,5-12,15-16H,4,13-14,17H2,1-2H3,(H,26,27). The van der Waals surface area contributed by atoms with Gasteiger partial charge in [-0.25, -0.2) is 4.98 Å². The minimum atomic E-state index is 0.714. The number of thiazole rings is 1. The van der Waals surface area contributed by atoms with Crippen LogP contribution in [-0.4, -0.2) is 42.1 Å². The third-order valence-electron chi connectivity index (χ3n) is 4.76. The average molecular weight is 419 g/mol. The first kappa shape index (κ1) is 20.3. The summed E-state index contributed by atoms with van der Waals surface area (Å²) in [7, 11) is 4.16. The smallest absolute Gasteiger partial charge is 0.184 e. The fourth-order valence-corrected chi connectivity index (χ4v) is 4.12. The molecular weight excluding hydrogens is 392 g/mol. The minimum absolute atomic E-state index is 0.714. The molecule has 4 rings (SSSR count). The maximum Gasteiger partial charge on any atom is 0.184 e. The molecule has 2 aromatic carbocycles. The first-order valence-electron chi connectivity index (χ1n) is 10.1. The molecule has 154 valence electrons. The molecule has 0 atom stereocenters. The summed E-state index contributed by atoms with van der Waals surface area (Å²) in [4.78, 5) is 11.0. The van der Waals surface area contributed by atoms with Crippen LogP contribution < -0.4 is 10.1 Å². The van der Waals surface area contributed by atoms with Crippen LogP contribution in [0.5, 0.6) is 5.75 Å². The van der Waals surface area contributed by atoms with Gasteiger partial charge in [-0.2, -0.15) is 0 Å². The van der Waals surface area contributed by atoms with E-state index in [0.29, 0.717) is 6.54 Å². The van der Waals surface area contributed by atoms with E-state index >= 15 is 0 Å². The van der Waals surface area contributed by atoms with Crippen LogP contribution in [0.1, 0.15) is 12.0 Å². The molecule has 1 N–H and O–H groups in total. The van der Waals surface area contributed by atoms with Gasteiger partial charge in [-0.1, -0.05) is 29.5 Å². The van der Waals surface area contributed by atoms with Gasteiger partial charge in [0.2, 0.25) is 0 Å². The van der Waals surface area contributed by atoms with Crippen LogP contribution in [0.4, 0.5) is 5.13 Å². The molecule has 0 fully saturated rings. The Kier molecular flexibility index (Phi) is 6.57. The molecule has 0 unspecified atom stereocenters. The summed E-state index contributed by atoms with van der Waals surface area (Å²) >= 11 is 1.68. The Bertz CT molecular complexity index is 1090. The Hall–Kier alpha value is -2.96. The van der Waals surface area contributed by atoms with Crippen LogP contribution in [0.2, 0.25) is 0 Å². The van der Waals surface area contributed by atoms with Gasteiger partial charge in [0.1, 0.15) is 5.75 Å². The number of ether oxygens (including phenoxy) is 1. The molecule has 4 aromatic rings. The summed E-state index contributed by atoms with van der Waals surface area (Å²) in [6.07, 6.45) is 4.65. The Morgan fingerprint density at radius 2 is 1.87 bits per heavy atom. The Labute approximate surface area is 181 Å². The quantitative estimate of drug-likeness (QED) is 0.374. The SMILES string of the molecule is CN(C)CCCOc1cccc(CNc2nc3ccc(-c4ccncc4)cc3s2)c1. The van der Waals surface area contributed by atoms with Crippen LogP contribution in [0.15, 0.2) is 67.0 Å². The van der Waals surface area contributed by atoms with Gasteiger partial charge in [0.15, 0.2) is 5.13 Å². The zero-order valence-electron chi connectivity index (χ0n) is 17.3. The van der Waals surface area contributed by atoms with Gasteiger partial charge in [0.25, 0.3) is 0 Å². The molecule has 0 aliphatic rings. The maximum absolute atomic E-state index is 5.88. The summed E-state index contributed by atoms with van der Waals surface area (Å²) < 4.78 is 7.05. The average Bonchev–Trinajstić information content (AvgIpc) is 3.18. The summed E-state index contributed by atoms with van der Waals surface area (Å²) in [6, 6.07) is 18.7. The lowest BCUT2D eigenvalue weighted by Gasteiger charge is -2.11. The highest BCUT2D eigenvalue weighted by atomic mass is 32.1. The van der Waals surface area contributed by atoms with Crippen LogP contribution in [0.3, 0.4) is 0 Å². The van der Waals surface area contributed by atoms with Crippen LogP contribution in [0.25, 0.3) is 21.3 Å². The zero-order valence-corrected chi connectivity index (χ0v) is 18.2. The van der Waals surface area contributed by atoms with Crippen LogP contribution in [-0.2, 0) is 6.54 Å². The van der Waals surface area contributed by atoms with Gasteiger partial charge >= 0.3 is 0 Å². The van der Waals surface area contributed by atoms with E-state index in [1.54, 1.807) is 11.3 Å². The molecule has 0 saturated carbocycles. The number of nitrogens with one attached hydrogen (secondary N) is 1. The fraction of sp³-hybridized carbons (Fsp3) is 0.250. The summed E-state index contributed by atoms with van der Waals surface area (Å²) in [5.74, 6) is 0.916. The highest BCUT2D eigenvalue weighted by Crippen LogP contribution is 2.30. The van der Waals surface area contributed by atoms with Gasteiger partial charge in [0, 0.05) is 25.5 Å². The number of anilines is 1. The van der Waals surface area contributed by atoms with E-state index < -0.39 is 0 Å². The van der Waals surface area contributed by atoms with Gasteiger partial charge in [-0.15, -0.1) is 0 Å². The second kappa shape index (κ2) is 9.69. The largest absolute Gasteiger partial charge is 0.494 e. The van der Waals surface area contributed by atoms with E-state index in [2.05, 4.69) is 59.6 Å². The van der Waals surface area contributed by atoms with Crippen LogP contribution in [0, 0.1) is 0 Å². The molecule has 2 aromatic heterocycles. The van der Waals surface area contributed by atoms with Crippen molar-refractivity contribution in [3.63, 3.8) is 0 Å². The van der Waals surface area contributed by atoms with Gasteiger partial charge in [-0.05, 0) is 73.6 Å². The molecule has 0 spiro atoms. The molecule has 6 heteroatoms. The third kappa shape index (κ3) is 5.34. The number of hydrogen-bond acceptors (Lipinski definition) is 6. The van der Waals surface area contributed by atoms with E-state index in [0.717, 1.165) is 41.5 Å². The van der Waals surface area contributed by atoms with E-state index in [4.69, 9.17) is 9.72 Å². The highest BCUT2D eigenvalue weighted by molar-refractivity contribution is 7.22. The number of pyridine rings is 1. The molecule has 0 radical (unpaired) electrons. The predicted molar refractivity (Wildman–Crippen MR) is 125 cm³/mol. The Morgan fingerprint density at radius 3 is 2.70 bits per heavy atom. The van der Waals surface area contributed by atoms with Crippen molar-refractivity contribution >= 4 is 26.7 Å². The van der Waals surface area contributed by atoms with Crippen molar-refractivity contribution in [2.45, 2.75) is 13.0 Å². The van der Waals surface area contributed by atoms with E-state index in [9.17, 15) is 0 Å². The molecular formula is C24H26N4OS. The molecule has 5 nitrogen and oxygen atoms in total. The summed E-state index contributed by atoms with van der Waals surface area (Å²) in [5.41, 5.74) is 4.53. The van der Waals surface area contributed by atoms with E-state index in [-0.39, 0.29) is 0 Å². The molecule has 0 bridgehead atoms. The monoisotopic (exact) mass is 418 g/mol. The second-order valence-corrected chi connectivity index (χ2v) is 8.47. The minimum Gasteiger partial charge on any atom is -0.494 e. The van der Waals surface area contributed by atoms with Crippen LogP contribution >= 0.6 is 11.3 Å². The number of hydrogen-bond donors (Lipinski definition) is 1. The normalized spacial score (nSPS) is 11.2. The molecule has 2 heterocycles. The number of fused-ring (bicyclic) bond motifs is 1. The zero-order chi connectivity index (χ0) is 20.8. The third-order valence-corrected chi connectivity index (χ3v) is 5.74. The lowest BCUT2D eigenvalue weighted by molar-refractivity contribution is 0.281. The highest BCUT2D eigenvalue weighted by Gasteiger charge is 2.06. The first-order valence-corrected chi connectivity index (χ1v) is 10.9. The molecule has 0 aliphatic carbocycles. The van der Waals surface area contributed by atoms with Crippen molar-refractivity contribution in [2.75, 3.05) is 32.6 Å². The molecule has 30 heavy (non-hydrogen) atoms. The van der Waals surface area contributed by atoms with Crippen molar-refractivity contribution in [1.82, 2.24) is 14.9 Å². The van der Waals surface area contributed by atoms with Gasteiger partial charge < -0.3 is 15.0 Å². The topological polar surface area (TPSA) is 50.3 Å². The maximum atomic E-state index is 5.88. The van der Waals surface area contributed by atoms with E-state index in [1.807, 2.05) is 36.7 Å². The summed E-state index contributed by atoms with van der Waals surface area (Å²) in [5, 5.41) is 4.38. The predicted octanol–water partition coefficient (Wildman–Crippen LogP) is 5.30. The van der Waals surface area contributed by atoms with Crippen molar-refractivity contribution in [2.24, 2.45) is 0 Å². The van der Waals surface area contributed by atoms with Crippen molar-refractivity contribution < 1.29 is 4.74 Å². The number of nitrogens with zero attached hydrogens (tertiary/aromatic N) is 3. The molecule has 0 amide bonds. The van der Waals surface area contributed by atoms with Gasteiger partial charge in [-0.3, -0.25) is 4.98 Å². The Morgan fingerprint density at radius 1 is 1.00 bits per heavy atom. The number of rotatable bonds is 9.